The summed E-state index contributed by atoms with van der Waals surface area (Å²) in [5, 5.41) is 0.923. The van der Waals surface area contributed by atoms with Gasteiger partial charge < -0.3 is 24.0 Å². The lowest BCUT2D eigenvalue weighted by Crippen LogP contribution is -2.49. The Morgan fingerprint density at radius 1 is 1.03 bits per heavy atom. The predicted octanol–water partition coefficient (Wildman–Crippen LogP) is 2.90. The second-order valence-electron chi connectivity index (χ2n) is 8.53. The standard InChI is InChI=1S/C22H34N5O4/c1-7-8-13-31-22(28)26-11-9-25(10-12-26)21-23-17-15-19(30-6)18(29-5)14-16(17)20(24-21)27(2,3)4/h14-15H,7-13H2,1-6H3/q+1. The number of hydrogen-bond acceptors (Lipinski definition) is 7. The van der Waals surface area contributed by atoms with Crippen LogP contribution in [-0.4, -0.2) is 89.1 Å². The van der Waals surface area contributed by atoms with Gasteiger partial charge in [0.2, 0.25) is 11.8 Å². The molecule has 1 amide bonds. The number of rotatable bonds is 7. The van der Waals surface area contributed by atoms with Gasteiger partial charge in [-0.3, -0.25) is 4.48 Å². The third-order valence-corrected chi connectivity index (χ3v) is 5.35. The number of carbonyl (C=O) groups excluding carboxylic acids is 1. The molecule has 0 aliphatic carbocycles. The van der Waals surface area contributed by atoms with Crippen molar-refractivity contribution in [3.63, 3.8) is 0 Å². The van der Waals surface area contributed by atoms with E-state index in [0.717, 1.165) is 29.6 Å². The summed E-state index contributed by atoms with van der Waals surface area (Å²) >= 11 is 0. The zero-order chi connectivity index (χ0) is 22.6. The van der Waals surface area contributed by atoms with E-state index in [9.17, 15) is 4.79 Å². The highest BCUT2D eigenvalue weighted by molar-refractivity contribution is 5.92. The summed E-state index contributed by atoms with van der Waals surface area (Å²) < 4.78 is 16.8. The van der Waals surface area contributed by atoms with Crippen molar-refractivity contribution >= 4 is 28.8 Å². The van der Waals surface area contributed by atoms with Crippen LogP contribution in [-0.2, 0) is 4.74 Å². The van der Waals surface area contributed by atoms with Gasteiger partial charge in [-0.05, 0) is 6.42 Å². The molecule has 0 saturated carbocycles. The first-order valence-electron chi connectivity index (χ1n) is 10.7. The Hall–Kier alpha value is -2.81. The molecule has 9 heteroatoms. The molecule has 1 aliphatic heterocycles. The highest BCUT2D eigenvalue weighted by atomic mass is 16.6. The summed E-state index contributed by atoms with van der Waals surface area (Å²) in [6.07, 6.45) is 1.65. The number of amides is 1. The molecule has 0 bridgehead atoms. The first-order valence-corrected chi connectivity index (χ1v) is 10.7. The van der Waals surface area contributed by atoms with E-state index in [1.807, 2.05) is 12.1 Å². The third-order valence-electron chi connectivity index (χ3n) is 5.35. The van der Waals surface area contributed by atoms with Gasteiger partial charge in [0.05, 0.1) is 52.9 Å². The minimum Gasteiger partial charge on any atom is -0.493 e. The molecule has 0 atom stereocenters. The molecule has 1 fully saturated rings. The van der Waals surface area contributed by atoms with Crippen molar-refractivity contribution in [2.75, 3.05) is 73.0 Å². The van der Waals surface area contributed by atoms with Gasteiger partial charge in [0.15, 0.2) is 11.5 Å². The Balaban J connectivity index is 1.87. The van der Waals surface area contributed by atoms with Crippen LogP contribution < -0.4 is 18.9 Å². The molecule has 1 aromatic heterocycles. The Labute approximate surface area is 184 Å². The molecule has 0 unspecified atom stereocenters. The fourth-order valence-electron chi connectivity index (χ4n) is 3.56. The van der Waals surface area contributed by atoms with E-state index >= 15 is 0 Å². The minimum atomic E-state index is -0.239. The van der Waals surface area contributed by atoms with Crippen molar-refractivity contribution in [1.82, 2.24) is 19.4 Å². The minimum absolute atomic E-state index is 0.239. The number of methoxy groups -OCH3 is 2. The number of ether oxygens (including phenoxy) is 3. The van der Waals surface area contributed by atoms with Gasteiger partial charge in [-0.1, -0.05) is 13.3 Å². The highest BCUT2D eigenvalue weighted by Gasteiger charge is 2.28. The molecule has 1 aromatic carbocycles. The smallest absolute Gasteiger partial charge is 0.409 e. The molecule has 2 heterocycles. The number of nitrogens with zero attached hydrogens (tertiary/aromatic N) is 5. The summed E-state index contributed by atoms with van der Waals surface area (Å²) in [5.74, 6) is 2.83. The monoisotopic (exact) mass is 432 g/mol. The van der Waals surface area contributed by atoms with E-state index < -0.39 is 0 Å². The maximum absolute atomic E-state index is 12.2. The Morgan fingerprint density at radius 2 is 1.68 bits per heavy atom. The van der Waals surface area contributed by atoms with Crippen molar-refractivity contribution in [1.29, 1.82) is 0 Å². The Kier molecular flexibility index (Phi) is 7.04. The van der Waals surface area contributed by atoms with Gasteiger partial charge in [-0.2, -0.15) is 4.98 Å². The molecule has 31 heavy (non-hydrogen) atoms. The van der Waals surface area contributed by atoms with E-state index in [1.54, 1.807) is 19.1 Å². The lowest BCUT2D eigenvalue weighted by molar-refractivity contribution is 0.0988. The molecule has 0 N–H and O–H groups in total. The number of benzene rings is 1. The van der Waals surface area contributed by atoms with E-state index in [4.69, 9.17) is 24.2 Å². The number of unbranched alkanes of at least 4 members (excludes halogenated alkanes) is 1. The highest BCUT2D eigenvalue weighted by Crippen LogP contribution is 2.37. The molecule has 2 aromatic rings. The lowest BCUT2D eigenvalue weighted by atomic mass is 10.2. The summed E-state index contributed by atoms with van der Waals surface area (Å²) in [5.41, 5.74) is 0.798. The Bertz CT molecular complexity index is 920. The molecule has 3 rings (SSSR count). The van der Waals surface area contributed by atoms with E-state index in [0.29, 0.717) is 54.7 Å². The summed E-state index contributed by atoms with van der Waals surface area (Å²) in [7, 11) is 9.47. The van der Waals surface area contributed by atoms with Crippen molar-refractivity contribution < 1.29 is 19.0 Å². The molecule has 170 valence electrons. The van der Waals surface area contributed by atoms with Crippen LogP contribution in [0.4, 0.5) is 16.6 Å². The fourth-order valence-corrected chi connectivity index (χ4v) is 3.56. The van der Waals surface area contributed by atoms with Crippen LogP contribution in [0, 0.1) is 0 Å². The lowest BCUT2D eigenvalue weighted by Gasteiger charge is -2.34. The van der Waals surface area contributed by atoms with Crippen LogP contribution >= 0.6 is 0 Å². The Morgan fingerprint density at radius 3 is 2.26 bits per heavy atom. The zero-order valence-electron chi connectivity index (χ0n) is 19.5. The summed E-state index contributed by atoms with van der Waals surface area (Å²) in [6.45, 7) is 5.01. The number of anilines is 1. The van der Waals surface area contributed by atoms with Gasteiger partial charge >= 0.3 is 6.09 Å². The van der Waals surface area contributed by atoms with Gasteiger partial charge in [0.1, 0.15) is 0 Å². The van der Waals surface area contributed by atoms with Crippen LogP contribution in [0.15, 0.2) is 12.1 Å². The largest absolute Gasteiger partial charge is 0.493 e. The molecule has 1 saturated heterocycles. The van der Waals surface area contributed by atoms with Crippen LogP contribution in [0.25, 0.3) is 10.9 Å². The molecule has 9 nitrogen and oxygen atoms in total. The van der Waals surface area contributed by atoms with Crippen molar-refractivity contribution in [3.05, 3.63) is 12.1 Å². The number of quaternary nitrogens is 1. The number of carbonyl (C=O) groups is 1. The van der Waals surface area contributed by atoms with Crippen LogP contribution in [0.5, 0.6) is 11.5 Å². The van der Waals surface area contributed by atoms with Crippen LogP contribution in [0.2, 0.25) is 0 Å². The number of fused-ring (bicyclic) bond motifs is 1. The summed E-state index contributed by atoms with van der Waals surface area (Å²) in [4.78, 5) is 25.8. The zero-order valence-corrected chi connectivity index (χ0v) is 19.5. The van der Waals surface area contributed by atoms with E-state index in [1.165, 1.54) is 0 Å². The molecular formula is C22H34N5O4+. The molecule has 0 radical (unpaired) electrons. The number of aromatic nitrogens is 2. The van der Waals surface area contributed by atoms with Gasteiger partial charge in [-0.15, -0.1) is 0 Å². The van der Waals surface area contributed by atoms with Gasteiger partial charge in [0.25, 0.3) is 0 Å². The van der Waals surface area contributed by atoms with Crippen molar-refractivity contribution in [3.8, 4) is 11.5 Å². The number of hydrogen-bond donors (Lipinski definition) is 0. The van der Waals surface area contributed by atoms with E-state index in [2.05, 4.69) is 33.0 Å². The fraction of sp³-hybridized carbons (Fsp3) is 0.591. The first kappa shape index (κ1) is 22.9. The van der Waals surface area contributed by atoms with Crippen molar-refractivity contribution in [2.24, 2.45) is 0 Å². The SMILES string of the molecule is CCCCOC(=O)N1CCN(c2nc([N+](C)(C)C)c3cc(OC)c(OC)cc3n2)CC1. The number of piperazine rings is 1. The van der Waals surface area contributed by atoms with Crippen molar-refractivity contribution in [2.45, 2.75) is 19.8 Å². The van der Waals surface area contributed by atoms with Crippen LogP contribution in [0.1, 0.15) is 19.8 Å². The maximum atomic E-state index is 12.2. The average Bonchev–Trinajstić information content (AvgIpc) is 2.76. The summed E-state index contributed by atoms with van der Waals surface area (Å²) in [6, 6.07) is 3.82. The topological polar surface area (TPSA) is 77.0 Å². The second-order valence-corrected chi connectivity index (χ2v) is 8.53. The third kappa shape index (κ3) is 5.10. The molecule has 1 aliphatic rings. The van der Waals surface area contributed by atoms with Gasteiger partial charge in [0, 0.05) is 38.3 Å². The molecule has 0 spiro atoms. The predicted molar refractivity (Wildman–Crippen MR) is 122 cm³/mol. The first-order chi connectivity index (χ1) is 14.8. The molecular weight excluding hydrogens is 398 g/mol. The van der Waals surface area contributed by atoms with E-state index in [-0.39, 0.29) is 6.09 Å². The normalized spacial score (nSPS) is 14.6. The van der Waals surface area contributed by atoms with Crippen LogP contribution in [0.3, 0.4) is 0 Å². The second kappa shape index (κ2) is 9.55. The quantitative estimate of drug-likeness (QED) is 0.492. The average molecular weight is 433 g/mol. The van der Waals surface area contributed by atoms with Gasteiger partial charge in [-0.25, -0.2) is 9.78 Å². The maximum Gasteiger partial charge on any atom is 0.409 e.